The summed E-state index contributed by atoms with van der Waals surface area (Å²) in [5.74, 6) is 0.940. The summed E-state index contributed by atoms with van der Waals surface area (Å²) in [7, 11) is -3.82. The van der Waals surface area contributed by atoms with E-state index < -0.39 is 22.3 Å². The van der Waals surface area contributed by atoms with Crippen molar-refractivity contribution in [3.8, 4) is 0 Å². The number of carbonyl (C=O) groups excluding carboxylic acids is 1. The van der Waals surface area contributed by atoms with Crippen molar-refractivity contribution in [3.05, 3.63) is 47.5 Å². The summed E-state index contributed by atoms with van der Waals surface area (Å²) in [5, 5.41) is 6.87. The maximum absolute atomic E-state index is 13.0. The third kappa shape index (κ3) is 4.66. The van der Waals surface area contributed by atoms with E-state index in [1.807, 2.05) is 30.3 Å². The minimum atomic E-state index is -3.82. The van der Waals surface area contributed by atoms with Crippen LogP contribution in [0.3, 0.4) is 0 Å². The van der Waals surface area contributed by atoms with E-state index in [1.165, 1.54) is 9.21 Å². The second kappa shape index (κ2) is 8.67. The van der Waals surface area contributed by atoms with Gasteiger partial charge in [-0.2, -0.15) is 22.5 Å². The van der Waals surface area contributed by atoms with Crippen LogP contribution in [0.25, 0.3) is 0 Å². The lowest BCUT2D eigenvalue weighted by Crippen LogP contribution is -2.53. The molecule has 1 amide bonds. The second-order valence-electron chi connectivity index (χ2n) is 6.33. The monoisotopic (exact) mass is 408 g/mol. The number of ether oxygens (including phenoxy) is 1. The summed E-state index contributed by atoms with van der Waals surface area (Å²) in [6, 6.07) is 8.42. The summed E-state index contributed by atoms with van der Waals surface area (Å²) in [5.41, 5.74) is 0.732. The Hall–Kier alpha value is -2.50. The first-order valence-corrected chi connectivity index (χ1v) is 10.5. The van der Waals surface area contributed by atoms with Gasteiger partial charge in [-0.3, -0.25) is 5.10 Å². The number of amides is 1. The molecule has 1 aromatic heterocycles. The summed E-state index contributed by atoms with van der Waals surface area (Å²) >= 11 is 0. The molecule has 1 saturated heterocycles. The number of benzene rings is 1. The molecule has 0 spiro atoms. The molecule has 2 heterocycles. The first-order chi connectivity index (χ1) is 13.4. The fourth-order valence-corrected chi connectivity index (χ4v) is 4.29. The van der Waals surface area contributed by atoms with Crippen molar-refractivity contribution in [2.24, 2.45) is 0 Å². The number of hydrogen-bond acceptors (Lipinski definition) is 6. The molecule has 1 aliphatic rings. The van der Waals surface area contributed by atoms with E-state index in [0.717, 1.165) is 5.56 Å². The maximum Gasteiger partial charge on any atom is 0.409 e. The zero-order valence-corrected chi connectivity index (χ0v) is 16.6. The molecule has 28 heavy (non-hydrogen) atoms. The average molecular weight is 408 g/mol. The van der Waals surface area contributed by atoms with Gasteiger partial charge in [-0.15, -0.1) is 0 Å². The fraction of sp³-hybridized carbons (Fsp3) is 0.471. The second-order valence-corrected chi connectivity index (χ2v) is 8.03. The number of nitrogens with one attached hydrogen (secondary N) is 2. The number of H-pyrrole nitrogens is 1. The molecule has 10 nitrogen and oxygen atoms in total. The van der Waals surface area contributed by atoms with Gasteiger partial charge in [-0.25, -0.2) is 9.78 Å². The lowest BCUT2D eigenvalue weighted by molar-refractivity contribution is 0.0932. The molecular weight excluding hydrogens is 384 g/mol. The molecule has 0 radical (unpaired) electrons. The van der Waals surface area contributed by atoms with Crippen molar-refractivity contribution in [1.29, 1.82) is 0 Å². The fourth-order valence-electron chi connectivity index (χ4n) is 2.95. The number of carbonyl (C=O) groups is 1. The van der Waals surface area contributed by atoms with Gasteiger partial charge in [0.2, 0.25) is 0 Å². The first-order valence-electron chi connectivity index (χ1n) is 9.03. The lowest BCUT2D eigenvalue weighted by atomic mass is 10.1. The highest BCUT2D eigenvalue weighted by molar-refractivity contribution is 7.87. The van der Waals surface area contributed by atoms with Gasteiger partial charge in [0.15, 0.2) is 5.82 Å². The van der Waals surface area contributed by atoms with Crippen molar-refractivity contribution in [3.63, 3.8) is 0 Å². The Balaban J connectivity index is 1.74. The molecule has 1 aromatic carbocycles. The number of aromatic amines is 1. The molecule has 1 atom stereocenters. The van der Waals surface area contributed by atoms with Gasteiger partial charge < -0.3 is 9.64 Å². The molecule has 1 unspecified atom stereocenters. The molecule has 0 saturated carbocycles. The van der Waals surface area contributed by atoms with Crippen LogP contribution in [0.15, 0.2) is 30.3 Å². The molecule has 2 N–H and O–H groups in total. The zero-order valence-electron chi connectivity index (χ0n) is 15.8. The van der Waals surface area contributed by atoms with Crippen LogP contribution in [0.2, 0.25) is 0 Å². The normalized spacial score (nSPS) is 16.7. The summed E-state index contributed by atoms with van der Waals surface area (Å²) in [6.07, 6.45) is -0.425. The SMILES string of the molecule is CCOC(=O)N1CCN(S(=O)(=O)NC(c2ccccc2)c2n[nH]c(C)n2)CC1. The lowest BCUT2D eigenvalue weighted by Gasteiger charge is -2.34. The van der Waals surface area contributed by atoms with Crippen molar-refractivity contribution >= 4 is 16.3 Å². The Morgan fingerprint density at radius 2 is 1.93 bits per heavy atom. The maximum atomic E-state index is 13.0. The first kappa shape index (κ1) is 20.2. The summed E-state index contributed by atoms with van der Waals surface area (Å²) in [6.45, 7) is 4.68. The van der Waals surface area contributed by atoms with Crippen LogP contribution in [0.5, 0.6) is 0 Å². The number of rotatable bonds is 6. The van der Waals surface area contributed by atoms with Crippen LogP contribution in [-0.2, 0) is 14.9 Å². The minimum absolute atomic E-state index is 0.183. The highest BCUT2D eigenvalue weighted by Crippen LogP contribution is 2.21. The quantitative estimate of drug-likeness (QED) is 0.730. The number of aryl methyl sites for hydroxylation is 1. The molecule has 11 heteroatoms. The molecule has 1 fully saturated rings. The van der Waals surface area contributed by atoms with Crippen LogP contribution >= 0.6 is 0 Å². The van der Waals surface area contributed by atoms with Crippen molar-refractivity contribution in [2.45, 2.75) is 19.9 Å². The number of hydrogen-bond donors (Lipinski definition) is 2. The molecule has 152 valence electrons. The van der Waals surface area contributed by atoms with Crippen LogP contribution < -0.4 is 4.72 Å². The Morgan fingerprint density at radius 3 is 2.50 bits per heavy atom. The van der Waals surface area contributed by atoms with Gasteiger partial charge in [-0.05, 0) is 19.4 Å². The summed E-state index contributed by atoms with van der Waals surface area (Å²) < 4.78 is 34.9. The Labute approximate surface area is 164 Å². The number of aromatic nitrogens is 3. The van der Waals surface area contributed by atoms with Gasteiger partial charge in [-0.1, -0.05) is 30.3 Å². The molecule has 2 aromatic rings. The van der Waals surface area contributed by atoms with Crippen LogP contribution in [-0.4, -0.2) is 71.7 Å². The van der Waals surface area contributed by atoms with E-state index in [4.69, 9.17) is 4.74 Å². The standard InChI is InChI=1S/C17H24N6O4S/c1-3-27-17(24)22-9-11-23(12-10-22)28(25,26)21-15(14-7-5-4-6-8-14)16-18-13(2)19-20-16/h4-8,15,21H,3,9-12H2,1-2H3,(H,18,19,20). The van der Waals surface area contributed by atoms with Crippen molar-refractivity contribution in [2.75, 3.05) is 32.8 Å². The van der Waals surface area contributed by atoms with E-state index in [-0.39, 0.29) is 32.8 Å². The van der Waals surface area contributed by atoms with Gasteiger partial charge in [0.25, 0.3) is 10.2 Å². The topological polar surface area (TPSA) is 121 Å². The van der Waals surface area contributed by atoms with Gasteiger partial charge >= 0.3 is 6.09 Å². The Morgan fingerprint density at radius 1 is 1.25 bits per heavy atom. The van der Waals surface area contributed by atoms with Gasteiger partial charge in [0.05, 0.1) is 6.61 Å². The zero-order chi connectivity index (χ0) is 20.1. The molecule has 3 rings (SSSR count). The smallest absolute Gasteiger partial charge is 0.409 e. The van der Waals surface area contributed by atoms with E-state index in [0.29, 0.717) is 11.6 Å². The molecule has 1 aliphatic heterocycles. The predicted molar refractivity (Wildman–Crippen MR) is 102 cm³/mol. The molecular formula is C17H24N6O4S. The van der Waals surface area contributed by atoms with Crippen LogP contribution in [0, 0.1) is 6.92 Å². The largest absolute Gasteiger partial charge is 0.450 e. The van der Waals surface area contributed by atoms with E-state index >= 15 is 0 Å². The highest BCUT2D eigenvalue weighted by Gasteiger charge is 2.32. The molecule has 0 aliphatic carbocycles. The Bertz CT molecular complexity index is 893. The van der Waals surface area contributed by atoms with Crippen molar-refractivity contribution in [1.82, 2.24) is 29.1 Å². The summed E-state index contributed by atoms with van der Waals surface area (Å²) in [4.78, 5) is 17.6. The predicted octanol–water partition coefficient (Wildman–Crippen LogP) is 0.811. The van der Waals surface area contributed by atoms with E-state index in [1.54, 1.807) is 13.8 Å². The third-order valence-corrected chi connectivity index (χ3v) is 5.96. The van der Waals surface area contributed by atoms with Gasteiger partial charge in [0, 0.05) is 26.2 Å². The minimum Gasteiger partial charge on any atom is -0.450 e. The van der Waals surface area contributed by atoms with E-state index in [2.05, 4.69) is 19.9 Å². The number of piperazine rings is 1. The Kier molecular flexibility index (Phi) is 6.27. The average Bonchev–Trinajstić information content (AvgIpc) is 3.13. The third-order valence-electron chi connectivity index (χ3n) is 4.38. The molecule has 0 bridgehead atoms. The highest BCUT2D eigenvalue weighted by atomic mass is 32.2. The van der Waals surface area contributed by atoms with Gasteiger partial charge in [0.1, 0.15) is 11.9 Å². The van der Waals surface area contributed by atoms with Crippen LogP contribution in [0.4, 0.5) is 4.79 Å². The van der Waals surface area contributed by atoms with Crippen LogP contribution in [0.1, 0.15) is 30.2 Å². The number of nitrogens with zero attached hydrogens (tertiary/aromatic N) is 4. The van der Waals surface area contributed by atoms with E-state index in [9.17, 15) is 13.2 Å². The van der Waals surface area contributed by atoms with Crippen molar-refractivity contribution < 1.29 is 17.9 Å².